The van der Waals surface area contributed by atoms with E-state index in [9.17, 15) is 4.79 Å². The third kappa shape index (κ3) is 2.36. The molecule has 17 heavy (non-hydrogen) atoms. The number of aromatic nitrogens is 2. The summed E-state index contributed by atoms with van der Waals surface area (Å²) >= 11 is 0. The Morgan fingerprint density at radius 1 is 1.29 bits per heavy atom. The molecule has 0 atom stereocenters. The number of ether oxygens (including phenoxy) is 1. The summed E-state index contributed by atoms with van der Waals surface area (Å²) in [5.41, 5.74) is 1.56. The van der Waals surface area contributed by atoms with E-state index in [1.807, 2.05) is 31.2 Å². The van der Waals surface area contributed by atoms with E-state index in [0.717, 1.165) is 11.3 Å². The second-order valence-electron chi connectivity index (χ2n) is 3.63. The van der Waals surface area contributed by atoms with Gasteiger partial charge in [-0.3, -0.25) is 9.36 Å². The van der Waals surface area contributed by atoms with Crippen LogP contribution < -0.4 is 10.3 Å². The summed E-state index contributed by atoms with van der Waals surface area (Å²) < 4.78 is 6.64. The van der Waals surface area contributed by atoms with Crippen molar-refractivity contribution in [1.82, 2.24) is 9.55 Å². The molecule has 0 aliphatic carbocycles. The largest absolute Gasteiger partial charge is 0.497 e. The molecule has 2 rings (SSSR count). The molecule has 1 aromatic carbocycles. The Labute approximate surface area is 99.5 Å². The van der Waals surface area contributed by atoms with Crippen LogP contribution in [0.2, 0.25) is 0 Å². The third-order valence-electron chi connectivity index (χ3n) is 2.61. The van der Waals surface area contributed by atoms with Gasteiger partial charge in [0.2, 0.25) is 0 Å². The van der Waals surface area contributed by atoms with E-state index >= 15 is 0 Å². The molecule has 0 saturated carbocycles. The lowest BCUT2D eigenvalue weighted by molar-refractivity contribution is 0.415. The van der Waals surface area contributed by atoms with Gasteiger partial charge in [-0.1, -0.05) is 0 Å². The highest BCUT2D eigenvalue weighted by molar-refractivity contribution is 5.59. The molecule has 0 aliphatic heterocycles. The highest BCUT2D eigenvalue weighted by atomic mass is 16.5. The second-order valence-corrected chi connectivity index (χ2v) is 3.63. The molecule has 0 bridgehead atoms. The maximum absolute atomic E-state index is 11.7. The predicted molar refractivity (Wildman–Crippen MR) is 66.2 cm³/mol. The molecule has 88 valence electrons. The summed E-state index contributed by atoms with van der Waals surface area (Å²) in [6.45, 7) is 2.55. The lowest BCUT2D eigenvalue weighted by Crippen LogP contribution is -2.18. The van der Waals surface area contributed by atoms with E-state index in [-0.39, 0.29) is 5.56 Å². The van der Waals surface area contributed by atoms with Gasteiger partial charge >= 0.3 is 0 Å². The first-order valence-electron chi connectivity index (χ1n) is 5.45. The highest BCUT2D eigenvalue weighted by Gasteiger charge is 2.02. The number of aryl methyl sites for hydroxylation is 1. The molecule has 0 spiro atoms. The Kier molecular flexibility index (Phi) is 3.23. The van der Waals surface area contributed by atoms with Gasteiger partial charge in [0.25, 0.3) is 5.56 Å². The van der Waals surface area contributed by atoms with Crippen molar-refractivity contribution < 1.29 is 4.74 Å². The lowest BCUT2D eigenvalue weighted by Gasteiger charge is -2.04. The van der Waals surface area contributed by atoms with Crippen molar-refractivity contribution >= 4 is 0 Å². The van der Waals surface area contributed by atoms with E-state index in [1.165, 1.54) is 0 Å². The van der Waals surface area contributed by atoms with Crippen molar-refractivity contribution in [2.75, 3.05) is 7.11 Å². The zero-order valence-electron chi connectivity index (χ0n) is 9.88. The van der Waals surface area contributed by atoms with Crippen molar-refractivity contribution in [1.29, 1.82) is 0 Å². The molecule has 0 saturated heterocycles. The third-order valence-corrected chi connectivity index (χ3v) is 2.61. The predicted octanol–water partition coefficient (Wildman–Crippen LogP) is 1.94. The molecular formula is C13H14N2O2. The Hall–Kier alpha value is -2.10. The fraction of sp³-hybridized carbons (Fsp3) is 0.231. The van der Waals surface area contributed by atoms with Crippen LogP contribution in [0.3, 0.4) is 0 Å². The van der Waals surface area contributed by atoms with Gasteiger partial charge in [0.15, 0.2) is 0 Å². The number of nitrogens with zero attached hydrogens (tertiary/aromatic N) is 2. The maximum Gasteiger partial charge on any atom is 0.253 e. The average Bonchev–Trinajstić information content (AvgIpc) is 2.39. The van der Waals surface area contributed by atoms with Crippen molar-refractivity contribution in [3.63, 3.8) is 0 Å². The van der Waals surface area contributed by atoms with Gasteiger partial charge in [-0.2, -0.15) is 0 Å². The average molecular weight is 230 g/mol. The van der Waals surface area contributed by atoms with Crippen LogP contribution in [0.5, 0.6) is 5.75 Å². The molecule has 0 radical (unpaired) electrons. The zero-order chi connectivity index (χ0) is 12.3. The molecule has 0 unspecified atom stereocenters. The van der Waals surface area contributed by atoms with Crippen molar-refractivity contribution in [2.24, 2.45) is 0 Å². The topological polar surface area (TPSA) is 44.1 Å². The van der Waals surface area contributed by atoms with Crippen LogP contribution in [0.4, 0.5) is 0 Å². The summed E-state index contributed by atoms with van der Waals surface area (Å²) in [6.07, 6.45) is 1.57. The van der Waals surface area contributed by atoms with Crippen molar-refractivity contribution in [3.8, 4) is 17.0 Å². The van der Waals surface area contributed by atoms with Crippen LogP contribution in [0.15, 0.2) is 41.5 Å². The quantitative estimate of drug-likeness (QED) is 0.809. The Morgan fingerprint density at radius 3 is 2.53 bits per heavy atom. The molecule has 0 amide bonds. The highest BCUT2D eigenvalue weighted by Crippen LogP contribution is 2.18. The molecule has 2 aromatic rings. The fourth-order valence-electron chi connectivity index (χ4n) is 1.58. The number of hydrogen-bond donors (Lipinski definition) is 0. The molecule has 4 nitrogen and oxygen atoms in total. The summed E-state index contributed by atoms with van der Waals surface area (Å²) in [6, 6.07) is 9.02. The first-order chi connectivity index (χ1) is 8.24. The SMILES string of the molecule is CCn1cnc(-c2ccc(OC)cc2)cc1=O. The van der Waals surface area contributed by atoms with Gasteiger partial charge in [0.05, 0.1) is 19.1 Å². The maximum atomic E-state index is 11.7. The molecule has 4 heteroatoms. The monoisotopic (exact) mass is 230 g/mol. The van der Waals surface area contributed by atoms with Crippen LogP contribution in [-0.4, -0.2) is 16.7 Å². The number of benzene rings is 1. The van der Waals surface area contributed by atoms with Gasteiger partial charge in [0, 0.05) is 18.2 Å². The van der Waals surface area contributed by atoms with Crippen LogP contribution in [0, 0.1) is 0 Å². The summed E-state index contributed by atoms with van der Waals surface area (Å²) in [5.74, 6) is 0.788. The summed E-state index contributed by atoms with van der Waals surface area (Å²) in [4.78, 5) is 15.9. The van der Waals surface area contributed by atoms with Gasteiger partial charge in [-0.05, 0) is 31.2 Å². The minimum Gasteiger partial charge on any atom is -0.497 e. The van der Waals surface area contributed by atoms with Gasteiger partial charge in [0.1, 0.15) is 5.75 Å². The lowest BCUT2D eigenvalue weighted by atomic mass is 10.1. The zero-order valence-corrected chi connectivity index (χ0v) is 9.88. The van der Waals surface area contributed by atoms with Gasteiger partial charge in [-0.25, -0.2) is 4.98 Å². The molecule has 1 aromatic heterocycles. The van der Waals surface area contributed by atoms with Gasteiger partial charge < -0.3 is 4.74 Å². The van der Waals surface area contributed by atoms with E-state index in [2.05, 4.69) is 4.98 Å². The van der Waals surface area contributed by atoms with Crippen LogP contribution >= 0.6 is 0 Å². The fourth-order valence-corrected chi connectivity index (χ4v) is 1.58. The molecular weight excluding hydrogens is 216 g/mol. The molecule has 0 N–H and O–H groups in total. The second kappa shape index (κ2) is 4.82. The Balaban J connectivity index is 2.39. The number of methoxy groups -OCH3 is 1. The summed E-state index contributed by atoms with van der Waals surface area (Å²) in [5, 5.41) is 0. The summed E-state index contributed by atoms with van der Waals surface area (Å²) in [7, 11) is 1.62. The van der Waals surface area contributed by atoms with Crippen molar-refractivity contribution in [3.05, 3.63) is 47.0 Å². The first-order valence-corrected chi connectivity index (χ1v) is 5.45. The molecule has 0 fully saturated rings. The number of hydrogen-bond acceptors (Lipinski definition) is 3. The standard InChI is InChI=1S/C13H14N2O2/c1-3-15-9-14-12(8-13(15)16)10-4-6-11(17-2)7-5-10/h4-9H,3H2,1-2H3. The van der Waals surface area contributed by atoms with Crippen LogP contribution in [-0.2, 0) is 6.54 Å². The normalized spacial score (nSPS) is 10.2. The van der Waals surface area contributed by atoms with E-state index in [4.69, 9.17) is 4.74 Å². The van der Waals surface area contributed by atoms with E-state index in [0.29, 0.717) is 12.2 Å². The molecule has 1 heterocycles. The van der Waals surface area contributed by atoms with Gasteiger partial charge in [-0.15, -0.1) is 0 Å². The van der Waals surface area contributed by atoms with Crippen LogP contribution in [0.1, 0.15) is 6.92 Å². The Morgan fingerprint density at radius 2 is 2.00 bits per heavy atom. The number of rotatable bonds is 3. The minimum atomic E-state index is -0.0340. The van der Waals surface area contributed by atoms with Crippen LogP contribution in [0.25, 0.3) is 11.3 Å². The minimum absolute atomic E-state index is 0.0340. The molecule has 0 aliphatic rings. The Bertz CT molecular complexity index is 558. The van der Waals surface area contributed by atoms with Crippen molar-refractivity contribution in [2.45, 2.75) is 13.5 Å². The van der Waals surface area contributed by atoms with E-state index < -0.39 is 0 Å². The van der Waals surface area contributed by atoms with E-state index in [1.54, 1.807) is 24.1 Å². The first kappa shape index (κ1) is 11.4. The smallest absolute Gasteiger partial charge is 0.253 e.